The Morgan fingerprint density at radius 1 is 1.50 bits per heavy atom. The number of benzene rings is 1. The maximum atomic E-state index is 11.8. The van der Waals surface area contributed by atoms with Gasteiger partial charge in [-0.1, -0.05) is 13.0 Å². The molecule has 2 atom stereocenters. The molecule has 0 bridgehead atoms. The lowest BCUT2D eigenvalue weighted by Gasteiger charge is -2.05. The van der Waals surface area contributed by atoms with E-state index in [0.29, 0.717) is 11.8 Å². The first kappa shape index (κ1) is 11.0. The van der Waals surface area contributed by atoms with Crippen LogP contribution in [0.25, 0.3) is 11.5 Å². The summed E-state index contributed by atoms with van der Waals surface area (Å²) in [5, 5.41) is 10.4. The number of hydrogen-bond donors (Lipinski definition) is 1. The van der Waals surface area contributed by atoms with Crippen molar-refractivity contribution < 1.29 is 9.21 Å². The van der Waals surface area contributed by atoms with Gasteiger partial charge >= 0.3 is 0 Å². The zero-order chi connectivity index (χ0) is 12.5. The largest absolute Gasteiger partial charge is 0.423 e. The van der Waals surface area contributed by atoms with Crippen LogP contribution in [0.4, 0.5) is 5.69 Å². The molecule has 1 aliphatic carbocycles. The standard InChI is InChI=1S/C13H13N3O2/c1-8-5-11(8)12(17)15-10-4-2-3-9(6-10)13-16-14-7-18-13/h2-4,6-8,11H,5H2,1H3,(H,15,17). The zero-order valence-electron chi connectivity index (χ0n) is 9.96. The highest BCUT2D eigenvalue weighted by Gasteiger charge is 2.39. The van der Waals surface area contributed by atoms with Gasteiger partial charge in [-0.15, -0.1) is 10.2 Å². The average molecular weight is 243 g/mol. The second kappa shape index (κ2) is 4.25. The molecule has 0 radical (unpaired) electrons. The van der Waals surface area contributed by atoms with Gasteiger partial charge in [-0.25, -0.2) is 0 Å². The zero-order valence-corrected chi connectivity index (χ0v) is 9.96. The monoisotopic (exact) mass is 243 g/mol. The molecule has 5 heteroatoms. The van der Waals surface area contributed by atoms with Crippen LogP contribution >= 0.6 is 0 Å². The van der Waals surface area contributed by atoms with Crippen LogP contribution in [-0.4, -0.2) is 16.1 Å². The van der Waals surface area contributed by atoms with Crippen molar-refractivity contribution in [2.45, 2.75) is 13.3 Å². The molecule has 3 rings (SSSR count). The Bertz CT molecular complexity index is 565. The molecule has 2 unspecified atom stereocenters. The van der Waals surface area contributed by atoms with Crippen molar-refractivity contribution in [2.24, 2.45) is 11.8 Å². The summed E-state index contributed by atoms with van der Waals surface area (Å²) in [5.74, 6) is 1.21. The van der Waals surface area contributed by atoms with E-state index < -0.39 is 0 Å². The molecule has 1 fully saturated rings. The van der Waals surface area contributed by atoms with Crippen LogP contribution in [0.5, 0.6) is 0 Å². The van der Waals surface area contributed by atoms with Gasteiger partial charge in [-0.2, -0.15) is 0 Å². The molecular weight excluding hydrogens is 230 g/mol. The Labute approximate surface area is 104 Å². The van der Waals surface area contributed by atoms with E-state index in [9.17, 15) is 4.79 Å². The van der Waals surface area contributed by atoms with E-state index in [0.717, 1.165) is 17.7 Å². The molecule has 2 aromatic rings. The first-order valence-corrected chi connectivity index (χ1v) is 5.91. The summed E-state index contributed by atoms with van der Waals surface area (Å²) >= 11 is 0. The van der Waals surface area contributed by atoms with Crippen molar-refractivity contribution in [3.05, 3.63) is 30.7 Å². The second-order valence-electron chi connectivity index (χ2n) is 4.63. The fraction of sp³-hybridized carbons (Fsp3) is 0.308. The Hall–Kier alpha value is -2.17. The summed E-state index contributed by atoms with van der Waals surface area (Å²) < 4.78 is 5.12. The minimum Gasteiger partial charge on any atom is -0.423 e. The summed E-state index contributed by atoms with van der Waals surface area (Å²) in [7, 11) is 0. The van der Waals surface area contributed by atoms with Crippen LogP contribution in [0.15, 0.2) is 35.1 Å². The summed E-state index contributed by atoms with van der Waals surface area (Å²) in [6.45, 7) is 2.08. The lowest BCUT2D eigenvalue weighted by atomic mass is 10.2. The van der Waals surface area contributed by atoms with E-state index in [-0.39, 0.29) is 11.8 Å². The van der Waals surface area contributed by atoms with Gasteiger partial charge in [-0.05, 0) is 30.5 Å². The van der Waals surface area contributed by atoms with Crippen molar-refractivity contribution in [3.8, 4) is 11.5 Å². The van der Waals surface area contributed by atoms with Gasteiger partial charge in [0, 0.05) is 17.2 Å². The molecule has 0 aliphatic heterocycles. The first-order valence-electron chi connectivity index (χ1n) is 5.91. The molecule has 5 nitrogen and oxygen atoms in total. The third kappa shape index (κ3) is 2.11. The maximum absolute atomic E-state index is 11.8. The summed E-state index contributed by atoms with van der Waals surface area (Å²) in [4.78, 5) is 11.8. The van der Waals surface area contributed by atoms with Gasteiger partial charge in [0.25, 0.3) is 0 Å². The van der Waals surface area contributed by atoms with Crippen LogP contribution in [0.1, 0.15) is 13.3 Å². The lowest BCUT2D eigenvalue weighted by Crippen LogP contribution is -2.14. The van der Waals surface area contributed by atoms with E-state index in [2.05, 4.69) is 22.4 Å². The van der Waals surface area contributed by atoms with Crippen molar-refractivity contribution in [3.63, 3.8) is 0 Å². The third-order valence-corrected chi connectivity index (χ3v) is 3.18. The van der Waals surface area contributed by atoms with Crippen molar-refractivity contribution in [2.75, 3.05) is 5.32 Å². The molecule has 1 aromatic carbocycles. The van der Waals surface area contributed by atoms with Gasteiger partial charge in [0.2, 0.25) is 18.2 Å². The third-order valence-electron chi connectivity index (χ3n) is 3.18. The fourth-order valence-electron chi connectivity index (χ4n) is 1.95. The molecule has 1 aliphatic rings. The minimum atomic E-state index is 0.0881. The molecule has 18 heavy (non-hydrogen) atoms. The molecular formula is C13H13N3O2. The number of carbonyl (C=O) groups excluding carboxylic acids is 1. The van der Waals surface area contributed by atoms with E-state index >= 15 is 0 Å². The number of amides is 1. The van der Waals surface area contributed by atoms with Crippen LogP contribution in [-0.2, 0) is 4.79 Å². The Balaban J connectivity index is 1.77. The summed E-state index contributed by atoms with van der Waals surface area (Å²) in [5.41, 5.74) is 1.56. The van der Waals surface area contributed by atoms with Crippen LogP contribution < -0.4 is 5.32 Å². The Kier molecular flexibility index (Phi) is 2.59. The van der Waals surface area contributed by atoms with Gasteiger partial charge in [0.15, 0.2) is 0 Å². The number of rotatable bonds is 3. The fourth-order valence-corrected chi connectivity index (χ4v) is 1.95. The second-order valence-corrected chi connectivity index (χ2v) is 4.63. The molecule has 1 N–H and O–H groups in total. The molecule has 92 valence electrons. The van der Waals surface area contributed by atoms with Crippen LogP contribution in [0.3, 0.4) is 0 Å². The van der Waals surface area contributed by atoms with E-state index in [1.807, 2.05) is 24.3 Å². The SMILES string of the molecule is CC1CC1C(=O)Nc1cccc(-c2nnco2)c1. The minimum absolute atomic E-state index is 0.0881. The maximum Gasteiger partial charge on any atom is 0.247 e. The van der Waals surface area contributed by atoms with Crippen molar-refractivity contribution in [1.29, 1.82) is 0 Å². The molecule has 1 saturated carbocycles. The molecule has 1 aromatic heterocycles. The predicted octanol–water partition coefficient (Wildman–Crippen LogP) is 2.33. The topological polar surface area (TPSA) is 68.0 Å². The number of nitrogens with one attached hydrogen (secondary N) is 1. The molecule has 0 spiro atoms. The highest BCUT2D eigenvalue weighted by atomic mass is 16.4. The van der Waals surface area contributed by atoms with Crippen molar-refractivity contribution in [1.82, 2.24) is 10.2 Å². The summed E-state index contributed by atoms with van der Waals surface area (Å²) in [6.07, 6.45) is 2.27. The number of carbonyl (C=O) groups is 1. The van der Waals surface area contributed by atoms with Gasteiger partial charge < -0.3 is 9.73 Å². The molecule has 1 heterocycles. The number of aromatic nitrogens is 2. The normalized spacial score (nSPS) is 21.6. The number of anilines is 1. The number of hydrogen-bond acceptors (Lipinski definition) is 4. The quantitative estimate of drug-likeness (QED) is 0.898. The summed E-state index contributed by atoms with van der Waals surface area (Å²) in [6, 6.07) is 7.40. The Morgan fingerprint density at radius 3 is 3.00 bits per heavy atom. The van der Waals surface area contributed by atoms with E-state index in [1.165, 1.54) is 6.39 Å². The lowest BCUT2D eigenvalue weighted by molar-refractivity contribution is -0.117. The van der Waals surface area contributed by atoms with E-state index in [1.54, 1.807) is 0 Å². The van der Waals surface area contributed by atoms with Gasteiger partial charge in [0.1, 0.15) is 0 Å². The molecule has 0 saturated heterocycles. The first-order chi connectivity index (χ1) is 8.74. The van der Waals surface area contributed by atoms with Crippen LogP contribution in [0.2, 0.25) is 0 Å². The van der Waals surface area contributed by atoms with Gasteiger partial charge in [-0.3, -0.25) is 4.79 Å². The van der Waals surface area contributed by atoms with Gasteiger partial charge in [0.05, 0.1) is 0 Å². The highest BCUT2D eigenvalue weighted by Crippen LogP contribution is 2.38. The Morgan fingerprint density at radius 2 is 2.33 bits per heavy atom. The molecule has 1 amide bonds. The average Bonchev–Trinajstić information content (AvgIpc) is 2.90. The number of nitrogens with zero attached hydrogens (tertiary/aromatic N) is 2. The predicted molar refractivity (Wildman–Crippen MR) is 65.6 cm³/mol. The van der Waals surface area contributed by atoms with E-state index in [4.69, 9.17) is 4.42 Å². The van der Waals surface area contributed by atoms with Crippen LogP contribution in [0, 0.1) is 11.8 Å². The smallest absolute Gasteiger partial charge is 0.247 e. The van der Waals surface area contributed by atoms with Crippen molar-refractivity contribution >= 4 is 11.6 Å². The highest BCUT2D eigenvalue weighted by molar-refractivity contribution is 5.94.